The highest BCUT2D eigenvalue weighted by Gasteiger charge is 2.29. The monoisotopic (exact) mass is 433 g/mol. The zero-order valence-corrected chi connectivity index (χ0v) is 18.5. The molecule has 3 aromatic rings. The summed E-state index contributed by atoms with van der Waals surface area (Å²) in [7, 11) is 0. The molecule has 0 radical (unpaired) electrons. The van der Waals surface area contributed by atoms with Gasteiger partial charge in [0, 0.05) is 24.3 Å². The molecule has 0 bridgehead atoms. The summed E-state index contributed by atoms with van der Waals surface area (Å²) in [6, 6.07) is 12.9. The van der Waals surface area contributed by atoms with Crippen LogP contribution in [0.3, 0.4) is 0 Å². The number of esters is 1. The molecule has 0 amide bonds. The lowest BCUT2D eigenvalue weighted by Crippen LogP contribution is -2.38. The van der Waals surface area contributed by atoms with Crippen LogP contribution in [0, 0.1) is 5.92 Å². The molecule has 7 nitrogen and oxygen atoms in total. The maximum absolute atomic E-state index is 12.4. The van der Waals surface area contributed by atoms with Crippen LogP contribution < -0.4 is 4.90 Å². The first kappa shape index (κ1) is 21.7. The third kappa shape index (κ3) is 4.88. The van der Waals surface area contributed by atoms with E-state index in [0.29, 0.717) is 11.0 Å². The minimum absolute atomic E-state index is 0.0595. The van der Waals surface area contributed by atoms with Crippen LogP contribution in [0.5, 0.6) is 0 Å². The van der Waals surface area contributed by atoms with Crippen LogP contribution in [-0.2, 0) is 9.53 Å². The quantitative estimate of drug-likeness (QED) is 0.603. The molecule has 2 heterocycles. The van der Waals surface area contributed by atoms with Crippen LogP contribution in [0.2, 0.25) is 0 Å². The van der Waals surface area contributed by atoms with Crippen molar-refractivity contribution in [2.24, 2.45) is 5.92 Å². The Kier molecular flexibility index (Phi) is 5.82. The number of carboxylic acids is 1. The van der Waals surface area contributed by atoms with Gasteiger partial charge in [-0.25, -0.2) is 9.78 Å². The van der Waals surface area contributed by atoms with Crippen molar-refractivity contribution in [3.05, 3.63) is 54.2 Å². The van der Waals surface area contributed by atoms with E-state index in [9.17, 15) is 9.59 Å². The molecule has 1 fully saturated rings. The highest BCUT2D eigenvalue weighted by atomic mass is 16.6. The number of benzene rings is 2. The van der Waals surface area contributed by atoms with Gasteiger partial charge in [-0.2, -0.15) is 0 Å². The fourth-order valence-corrected chi connectivity index (χ4v) is 3.90. The van der Waals surface area contributed by atoms with Gasteiger partial charge in [-0.3, -0.25) is 9.78 Å². The smallest absolute Gasteiger partial charge is 0.335 e. The summed E-state index contributed by atoms with van der Waals surface area (Å²) in [6.07, 6.45) is 3.20. The summed E-state index contributed by atoms with van der Waals surface area (Å²) < 4.78 is 5.55. The Morgan fingerprint density at radius 2 is 1.81 bits per heavy atom. The summed E-state index contributed by atoms with van der Waals surface area (Å²) in [6.45, 7) is 7.26. The molecule has 1 N–H and O–H groups in total. The van der Waals surface area contributed by atoms with Gasteiger partial charge in [0.25, 0.3) is 0 Å². The molecule has 7 heteroatoms. The zero-order valence-electron chi connectivity index (χ0n) is 18.5. The molecule has 0 saturated carbocycles. The molecule has 0 atom stereocenters. The average molecular weight is 434 g/mol. The van der Waals surface area contributed by atoms with Crippen molar-refractivity contribution in [1.29, 1.82) is 0 Å². The van der Waals surface area contributed by atoms with Gasteiger partial charge < -0.3 is 14.7 Å². The predicted octanol–water partition coefficient (Wildman–Crippen LogP) is 4.55. The van der Waals surface area contributed by atoms with Gasteiger partial charge in [0.2, 0.25) is 0 Å². The van der Waals surface area contributed by atoms with Gasteiger partial charge in [0.15, 0.2) is 0 Å². The fourth-order valence-electron chi connectivity index (χ4n) is 3.90. The fraction of sp³-hybridized carbons (Fsp3) is 0.360. The van der Waals surface area contributed by atoms with Crippen LogP contribution in [-0.4, -0.2) is 45.7 Å². The molecule has 166 valence electrons. The number of anilines is 1. The largest absolute Gasteiger partial charge is 0.478 e. The number of piperidine rings is 1. The lowest BCUT2D eigenvalue weighted by atomic mass is 9.96. The maximum Gasteiger partial charge on any atom is 0.335 e. The molecular weight excluding hydrogens is 406 g/mol. The van der Waals surface area contributed by atoms with Crippen molar-refractivity contribution in [3.63, 3.8) is 0 Å². The number of nitrogens with zero attached hydrogens (tertiary/aromatic N) is 3. The summed E-state index contributed by atoms with van der Waals surface area (Å²) >= 11 is 0. The minimum Gasteiger partial charge on any atom is -0.478 e. The van der Waals surface area contributed by atoms with Crippen LogP contribution in [0.15, 0.2) is 48.7 Å². The Hall–Kier alpha value is -3.48. The van der Waals surface area contributed by atoms with Gasteiger partial charge in [-0.1, -0.05) is 12.1 Å². The first-order valence-corrected chi connectivity index (χ1v) is 10.8. The number of aromatic nitrogens is 2. The number of hydrogen-bond donors (Lipinski definition) is 1. The van der Waals surface area contributed by atoms with Crippen molar-refractivity contribution in [2.45, 2.75) is 39.2 Å². The van der Waals surface area contributed by atoms with E-state index in [0.717, 1.165) is 42.9 Å². The molecule has 1 aromatic heterocycles. The van der Waals surface area contributed by atoms with Crippen molar-refractivity contribution >= 4 is 28.7 Å². The number of rotatable bonds is 4. The van der Waals surface area contributed by atoms with Gasteiger partial charge in [-0.05, 0) is 63.9 Å². The molecule has 0 unspecified atom stereocenters. The first-order chi connectivity index (χ1) is 15.2. The molecule has 4 rings (SSSR count). The van der Waals surface area contributed by atoms with Crippen molar-refractivity contribution < 1.29 is 19.4 Å². The topological polar surface area (TPSA) is 92.6 Å². The first-order valence-electron chi connectivity index (χ1n) is 10.8. The van der Waals surface area contributed by atoms with Gasteiger partial charge in [-0.15, -0.1) is 0 Å². The summed E-state index contributed by atoms with van der Waals surface area (Å²) in [5.74, 6) is -1.15. The van der Waals surface area contributed by atoms with Crippen molar-refractivity contribution in [2.75, 3.05) is 18.0 Å². The van der Waals surface area contributed by atoms with E-state index < -0.39 is 11.6 Å². The van der Waals surface area contributed by atoms with Crippen molar-refractivity contribution in [1.82, 2.24) is 9.97 Å². The second-order valence-electron chi connectivity index (χ2n) is 9.11. The van der Waals surface area contributed by atoms with E-state index in [-0.39, 0.29) is 17.5 Å². The molecule has 1 saturated heterocycles. The number of ether oxygens (including phenoxy) is 1. The second-order valence-corrected chi connectivity index (χ2v) is 9.11. The highest BCUT2D eigenvalue weighted by molar-refractivity contribution is 5.92. The summed E-state index contributed by atoms with van der Waals surface area (Å²) in [5.41, 5.74) is 3.67. The Balaban J connectivity index is 1.49. The van der Waals surface area contributed by atoms with Crippen LogP contribution in [0.1, 0.15) is 44.0 Å². The van der Waals surface area contributed by atoms with Crippen LogP contribution in [0.4, 0.5) is 5.69 Å². The lowest BCUT2D eigenvalue weighted by Gasteiger charge is -2.34. The van der Waals surface area contributed by atoms with E-state index in [2.05, 4.69) is 27.0 Å². The van der Waals surface area contributed by atoms with Gasteiger partial charge in [0.1, 0.15) is 5.60 Å². The number of carbonyl (C=O) groups excluding carboxylic acids is 1. The lowest BCUT2D eigenvalue weighted by molar-refractivity contribution is -0.160. The Morgan fingerprint density at radius 3 is 2.50 bits per heavy atom. The van der Waals surface area contributed by atoms with Crippen molar-refractivity contribution in [3.8, 4) is 11.3 Å². The highest BCUT2D eigenvalue weighted by Crippen LogP contribution is 2.29. The third-order valence-electron chi connectivity index (χ3n) is 5.53. The van der Waals surface area contributed by atoms with E-state index in [4.69, 9.17) is 9.84 Å². The van der Waals surface area contributed by atoms with Gasteiger partial charge in [0.05, 0.1) is 34.4 Å². The molecule has 2 aromatic carbocycles. The number of fused-ring (bicyclic) bond motifs is 1. The van der Waals surface area contributed by atoms with Crippen LogP contribution in [0.25, 0.3) is 22.3 Å². The normalized spacial score (nSPS) is 15.0. The Morgan fingerprint density at radius 1 is 1.06 bits per heavy atom. The molecule has 32 heavy (non-hydrogen) atoms. The Labute approximate surface area is 187 Å². The molecule has 1 aliphatic heterocycles. The SMILES string of the molecule is CC(C)(C)OC(=O)C1CCN(c2cccc(-c3cnc4cc(C(=O)O)ccc4n3)c2)CC1. The van der Waals surface area contributed by atoms with Crippen LogP contribution >= 0.6 is 0 Å². The maximum atomic E-state index is 12.4. The average Bonchev–Trinajstić information content (AvgIpc) is 2.77. The summed E-state index contributed by atoms with van der Waals surface area (Å²) in [5, 5.41) is 9.15. The minimum atomic E-state index is -0.985. The van der Waals surface area contributed by atoms with E-state index >= 15 is 0 Å². The second kappa shape index (κ2) is 8.57. The number of aromatic carboxylic acids is 1. The number of carbonyl (C=O) groups is 2. The van der Waals surface area contributed by atoms with E-state index in [1.54, 1.807) is 12.3 Å². The number of carboxylic acid groups (broad SMARTS) is 1. The zero-order chi connectivity index (χ0) is 22.9. The predicted molar refractivity (Wildman–Crippen MR) is 123 cm³/mol. The standard InChI is InChI=1S/C25H27N3O4/c1-25(2,3)32-24(31)16-9-11-28(12-10-16)19-6-4-5-17(13-19)22-15-26-21-14-18(23(29)30)7-8-20(21)27-22/h4-8,13-16H,9-12H2,1-3H3,(H,29,30). The third-order valence-corrected chi connectivity index (χ3v) is 5.53. The van der Waals surface area contributed by atoms with E-state index in [1.165, 1.54) is 12.1 Å². The Bertz CT molecular complexity index is 1160. The molecule has 1 aliphatic rings. The molecular formula is C25H27N3O4. The molecule has 0 aliphatic carbocycles. The van der Waals surface area contributed by atoms with Gasteiger partial charge >= 0.3 is 11.9 Å². The van der Waals surface area contributed by atoms with E-state index in [1.807, 2.05) is 32.9 Å². The number of hydrogen-bond acceptors (Lipinski definition) is 6. The summed E-state index contributed by atoms with van der Waals surface area (Å²) in [4.78, 5) is 34.9. The molecule has 0 spiro atoms.